The van der Waals surface area contributed by atoms with Crippen molar-refractivity contribution in [2.75, 3.05) is 11.9 Å². The summed E-state index contributed by atoms with van der Waals surface area (Å²) >= 11 is 0. The molecule has 0 aliphatic rings. The zero-order valence-electron chi connectivity index (χ0n) is 12.8. The summed E-state index contributed by atoms with van der Waals surface area (Å²) < 4.78 is 5.09. The maximum atomic E-state index is 12.3. The smallest absolute Gasteiger partial charge is 0.255 e. The van der Waals surface area contributed by atoms with E-state index >= 15 is 0 Å². The van der Waals surface area contributed by atoms with Gasteiger partial charge in [-0.1, -0.05) is 5.16 Å². The molecule has 2 heterocycles. The number of carbonyl (C=O) groups excluding carboxylic acids is 1. The molecule has 6 heteroatoms. The fourth-order valence-electron chi connectivity index (χ4n) is 2.10. The average molecular weight is 288 g/mol. The molecule has 21 heavy (non-hydrogen) atoms. The topological polar surface area (TPSA) is 80.0 Å². The third-order valence-corrected chi connectivity index (χ3v) is 3.26. The molecule has 0 radical (unpaired) electrons. The predicted octanol–water partition coefficient (Wildman–Crippen LogP) is 2.36. The van der Waals surface area contributed by atoms with Crippen LogP contribution in [0.3, 0.4) is 0 Å². The molecule has 0 fully saturated rings. The van der Waals surface area contributed by atoms with Gasteiger partial charge in [0.2, 0.25) is 0 Å². The van der Waals surface area contributed by atoms with E-state index in [4.69, 9.17) is 4.52 Å². The van der Waals surface area contributed by atoms with Gasteiger partial charge in [-0.15, -0.1) is 0 Å². The van der Waals surface area contributed by atoms with Crippen LogP contribution in [0.2, 0.25) is 0 Å². The Balaban J connectivity index is 2.13. The first kappa shape index (κ1) is 15.0. The van der Waals surface area contributed by atoms with E-state index in [2.05, 4.69) is 20.8 Å². The fraction of sp³-hybridized carbons (Fsp3) is 0.400. The Morgan fingerprint density at radius 2 is 2.10 bits per heavy atom. The van der Waals surface area contributed by atoms with Crippen LogP contribution in [0.15, 0.2) is 16.8 Å². The highest BCUT2D eigenvalue weighted by Gasteiger charge is 2.14. The highest BCUT2D eigenvalue weighted by molar-refractivity contribution is 5.99. The maximum absolute atomic E-state index is 12.3. The van der Waals surface area contributed by atoms with E-state index in [-0.39, 0.29) is 5.91 Å². The van der Waals surface area contributed by atoms with Crippen LogP contribution in [0.5, 0.6) is 0 Å². The molecule has 0 spiro atoms. The van der Waals surface area contributed by atoms with Gasteiger partial charge in [0.05, 0.1) is 16.9 Å². The molecule has 0 saturated carbocycles. The molecule has 0 unspecified atom stereocenters. The van der Waals surface area contributed by atoms with E-state index in [0.717, 1.165) is 34.9 Å². The number of anilines is 1. The number of amides is 1. The average Bonchev–Trinajstić information content (AvgIpc) is 2.76. The summed E-state index contributed by atoms with van der Waals surface area (Å²) in [4.78, 5) is 16.5. The van der Waals surface area contributed by atoms with Crippen LogP contribution in [0.1, 0.15) is 40.0 Å². The van der Waals surface area contributed by atoms with E-state index in [1.54, 1.807) is 6.20 Å². The molecule has 1 amide bonds. The normalized spacial score (nSPS) is 10.5. The first-order valence-corrected chi connectivity index (χ1v) is 6.93. The Labute approximate surface area is 123 Å². The van der Waals surface area contributed by atoms with Gasteiger partial charge in [-0.2, -0.15) is 0 Å². The van der Waals surface area contributed by atoms with Gasteiger partial charge in [0.15, 0.2) is 0 Å². The van der Waals surface area contributed by atoms with E-state index in [0.29, 0.717) is 12.1 Å². The van der Waals surface area contributed by atoms with Crippen LogP contribution >= 0.6 is 0 Å². The summed E-state index contributed by atoms with van der Waals surface area (Å²) in [5.41, 5.74) is 3.90. The van der Waals surface area contributed by atoms with Gasteiger partial charge < -0.3 is 15.2 Å². The quantitative estimate of drug-likeness (QED) is 0.882. The third kappa shape index (κ3) is 3.39. The van der Waals surface area contributed by atoms with Gasteiger partial charge in [0, 0.05) is 30.5 Å². The van der Waals surface area contributed by atoms with Gasteiger partial charge >= 0.3 is 0 Å². The first-order chi connectivity index (χ1) is 10.0. The molecule has 6 nitrogen and oxygen atoms in total. The largest absolute Gasteiger partial charge is 0.385 e. The molecule has 0 bridgehead atoms. The summed E-state index contributed by atoms with van der Waals surface area (Å²) in [5, 5.41) is 9.94. The van der Waals surface area contributed by atoms with E-state index < -0.39 is 0 Å². The van der Waals surface area contributed by atoms with Crippen molar-refractivity contribution in [1.82, 2.24) is 15.5 Å². The zero-order chi connectivity index (χ0) is 15.4. The number of carbonyl (C=O) groups is 1. The lowest BCUT2D eigenvalue weighted by Gasteiger charge is -2.11. The van der Waals surface area contributed by atoms with Crippen molar-refractivity contribution >= 4 is 11.6 Å². The lowest BCUT2D eigenvalue weighted by atomic mass is 10.1. The molecule has 2 aromatic heterocycles. The number of hydrogen-bond acceptors (Lipinski definition) is 5. The first-order valence-electron chi connectivity index (χ1n) is 6.93. The monoisotopic (exact) mass is 288 g/mol. The van der Waals surface area contributed by atoms with Crippen LogP contribution in [0.4, 0.5) is 5.69 Å². The number of hydrogen-bond donors (Lipinski definition) is 2. The molecule has 0 atom stereocenters. The lowest BCUT2D eigenvalue weighted by molar-refractivity contribution is 0.0951. The zero-order valence-corrected chi connectivity index (χ0v) is 12.8. The summed E-state index contributed by atoms with van der Waals surface area (Å²) in [5.74, 6) is 0.556. The molecule has 112 valence electrons. The van der Waals surface area contributed by atoms with E-state index in [9.17, 15) is 4.79 Å². The highest BCUT2D eigenvalue weighted by atomic mass is 16.5. The lowest BCUT2D eigenvalue weighted by Crippen LogP contribution is -2.24. The number of nitrogens with zero attached hydrogens (tertiary/aromatic N) is 2. The van der Waals surface area contributed by atoms with Crippen molar-refractivity contribution in [3.63, 3.8) is 0 Å². The SMILES string of the molecule is CCNc1cc(C)ncc1C(=O)NCc1c(C)noc1C. The van der Waals surface area contributed by atoms with E-state index in [1.165, 1.54) is 0 Å². The highest BCUT2D eigenvalue weighted by Crippen LogP contribution is 2.16. The van der Waals surface area contributed by atoms with Gasteiger partial charge in [-0.05, 0) is 33.8 Å². The molecule has 2 aromatic rings. The molecule has 2 N–H and O–H groups in total. The molecule has 2 rings (SSSR count). The van der Waals surface area contributed by atoms with Crippen LogP contribution in [-0.4, -0.2) is 22.6 Å². The minimum Gasteiger partial charge on any atom is -0.385 e. The number of nitrogens with one attached hydrogen (secondary N) is 2. The Morgan fingerprint density at radius 1 is 1.33 bits per heavy atom. The minimum absolute atomic E-state index is 0.168. The molecular formula is C15H20N4O2. The van der Waals surface area contributed by atoms with Crippen LogP contribution in [0.25, 0.3) is 0 Å². The second-order valence-electron chi connectivity index (χ2n) is 4.89. The van der Waals surface area contributed by atoms with Crippen LogP contribution < -0.4 is 10.6 Å². The summed E-state index contributed by atoms with van der Waals surface area (Å²) in [6.07, 6.45) is 1.59. The molecule has 0 aliphatic carbocycles. The summed E-state index contributed by atoms with van der Waals surface area (Å²) in [6.45, 7) is 8.70. The van der Waals surface area contributed by atoms with Gasteiger partial charge in [-0.3, -0.25) is 9.78 Å². The Hall–Kier alpha value is -2.37. The van der Waals surface area contributed by atoms with Gasteiger partial charge in [-0.25, -0.2) is 0 Å². The van der Waals surface area contributed by atoms with Crippen molar-refractivity contribution in [2.24, 2.45) is 0 Å². The maximum Gasteiger partial charge on any atom is 0.255 e. The molecular weight excluding hydrogens is 268 g/mol. The second-order valence-corrected chi connectivity index (χ2v) is 4.89. The Morgan fingerprint density at radius 3 is 2.71 bits per heavy atom. The number of aryl methyl sites for hydroxylation is 3. The van der Waals surface area contributed by atoms with Crippen molar-refractivity contribution < 1.29 is 9.32 Å². The van der Waals surface area contributed by atoms with Gasteiger partial charge in [0.25, 0.3) is 5.91 Å². The van der Waals surface area contributed by atoms with Crippen molar-refractivity contribution in [3.8, 4) is 0 Å². The van der Waals surface area contributed by atoms with Crippen molar-refractivity contribution in [2.45, 2.75) is 34.2 Å². The van der Waals surface area contributed by atoms with Crippen LogP contribution in [-0.2, 0) is 6.54 Å². The van der Waals surface area contributed by atoms with Gasteiger partial charge in [0.1, 0.15) is 5.76 Å². The van der Waals surface area contributed by atoms with Crippen molar-refractivity contribution in [1.29, 1.82) is 0 Å². The standard InChI is InChI=1S/C15H20N4O2/c1-5-16-14-6-9(2)17-8-13(14)15(20)18-7-12-10(3)19-21-11(12)4/h6,8H,5,7H2,1-4H3,(H,16,17)(H,18,20). The molecule has 0 aliphatic heterocycles. The Kier molecular flexibility index (Phi) is 4.57. The fourth-order valence-corrected chi connectivity index (χ4v) is 2.10. The molecule has 0 saturated heterocycles. The van der Waals surface area contributed by atoms with Crippen LogP contribution in [0, 0.1) is 20.8 Å². The minimum atomic E-state index is -0.168. The predicted molar refractivity (Wildman–Crippen MR) is 80.3 cm³/mol. The van der Waals surface area contributed by atoms with Crippen molar-refractivity contribution in [3.05, 3.63) is 40.5 Å². The number of pyridine rings is 1. The third-order valence-electron chi connectivity index (χ3n) is 3.26. The Bertz CT molecular complexity index is 630. The summed E-state index contributed by atoms with van der Waals surface area (Å²) in [7, 11) is 0. The number of aromatic nitrogens is 2. The number of rotatable bonds is 5. The van der Waals surface area contributed by atoms with E-state index in [1.807, 2.05) is 33.8 Å². The summed E-state index contributed by atoms with van der Waals surface area (Å²) in [6, 6.07) is 1.87. The second kappa shape index (κ2) is 6.39. The molecule has 0 aromatic carbocycles.